The second-order valence-corrected chi connectivity index (χ2v) is 4.43. The lowest BCUT2D eigenvalue weighted by molar-refractivity contribution is -0.137. The Morgan fingerprint density at radius 1 is 1.53 bits per heavy atom. The molecule has 4 heteroatoms. The first-order valence-electron chi connectivity index (χ1n) is 5.32. The van der Waals surface area contributed by atoms with Gasteiger partial charge in [0.15, 0.2) is 0 Å². The second kappa shape index (κ2) is 5.19. The Bertz CT molecular complexity index is 572. The van der Waals surface area contributed by atoms with Crippen LogP contribution in [0.1, 0.15) is 12.5 Å². The molecule has 0 amide bonds. The van der Waals surface area contributed by atoms with E-state index in [0.717, 1.165) is 20.9 Å². The molecule has 0 spiro atoms. The minimum absolute atomic E-state index is 0.322. The molecule has 0 radical (unpaired) electrons. The van der Waals surface area contributed by atoms with Crippen molar-refractivity contribution in [3.05, 3.63) is 40.5 Å². The standard InChI is InChI=1S/C13H12BrNO2/c1-2-17-13(16)6-3-9-8-15-12-5-4-10(14)7-11(9)12/h3-8,15H,2H2,1H3/b6-3-. The number of hydrogen-bond donors (Lipinski definition) is 1. The van der Waals surface area contributed by atoms with Crippen LogP contribution in [-0.4, -0.2) is 17.6 Å². The number of carbonyl (C=O) groups is 1. The molecule has 2 aromatic rings. The van der Waals surface area contributed by atoms with E-state index in [1.807, 2.05) is 24.4 Å². The first-order chi connectivity index (χ1) is 8.20. The minimum Gasteiger partial charge on any atom is -0.463 e. The number of ether oxygens (including phenoxy) is 1. The van der Waals surface area contributed by atoms with Gasteiger partial charge in [-0.1, -0.05) is 15.9 Å². The zero-order valence-electron chi connectivity index (χ0n) is 9.37. The summed E-state index contributed by atoms with van der Waals surface area (Å²) in [6, 6.07) is 5.97. The molecule has 17 heavy (non-hydrogen) atoms. The van der Waals surface area contributed by atoms with Gasteiger partial charge in [0.2, 0.25) is 0 Å². The normalized spacial score (nSPS) is 11.2. The molecule has 0 unspecified atom stereocenters. The fraction of sp³-hybridized carbons (Fsp3) is 0.154. The highest BCUT2D eigenvalue weighted by Crippen LogP contribution is 2.23. The number of aromatic nitrogens is 1. The van der Waals surface area contributed by atoms with Crippen LogP contribution in [0.15, 0.2) is 34.9 Å². The van der Waals surface area contributed by atoms with E-state index < -0.39 is 0 Å². The van der Waals surface area contributed by atoms with E-state index in [1.165, 1.54) is 6.08 Å². The van der Waals surface area contributed by atoms with E-state index in [1.54, 1.807) is 13.0 Å². The quantitative estimate of drug-likeness (QED) is 0.695. The second-order valence-electron chi connectivity index (χ2n) is 3.52. The molecular weight excluding hydrogens is 282 g/mol. The minimum atomic E-state index is -0.322. The van der Waals surface area contributed by atoms with Crippen molar-refractivity contribution in [2.75, 3.05) is 6.61 Å². The summed E-state index contributed by atoms with van der Waals surface area (Å²) in [5.41, 5.74) is 2.01. The molecule has 0 aliphatic rings. The van der Waals surface area contributed by atoms with E-state index in [2.05, 4.69) is 20.9 Å². The van der Waals surface area contributed by atoms with Crippen LogP contribution in [0.5, 0.6) is 0 Å². The molecule has 0 bridgehead atoms. The number of H-pyrrole nitrogens is 1. The van der Waals surface area contributed by atoms with Crippen LogP contribution in [0.3, 0.4) is 0 Å². The number of fused-ring (bicyclic) bond motifs is 1. The maximum Gasteiger partial charge on any atom is 0.330 e. The number of aromatic amines is 1. The average molecular weight is 294 g/mol. The van der Waals surface area contributed by atoms with Crippen molar-refractivity contribution in [1.82, 2.24) is 4.98 Å². The first kappa shape index (κ1) is 11.9. The molecule has 0 saturated carbocycles. The Morgan fingerprint density at radius 3 is 3.12 bits per heavy atom. The number of esters is 1. The molecule has 1 heterocycles. The van der Waals surface area contributed by atoms with Crippen LogP contribution in [0.25, 0.3) is 17.0 Å². The van der Waals surface area contributed by atoms with E-state index in [0.29, 0.717) is 6.61 Å². The molecule has 1 N–H and O–H groups in total. The van der Waals surface area contributed by atoms with E-state index in [4.69, 9.17) is 4.74 Å². The lowest BCUT2D eigenvalue weighted by atomic mass is 10.1. The van der Waals surface area contributed by atoms with Gasteiger partial charge in [0.1, 0.15) is 0 Å². The maximum absolute atomic E-state index is 11.2. The third-order valence-electron chi connectivity index (χ3n) is 2.36. The molecule has 3 nitrogen and oxygen atoms in total. The van der Waals surface area contributed by atoms with Gasteiger partial charge < -0.3 is 9.72 Å². The molecule has 2 rings (SSSR count). The summed E-state index contributed by atoms with van der Waals surface area (Å²) in [6.45, 7) is 2.18. The molecule has 1 aromatic heterocycles. The van der Waals surface area contributed by atoms with Crippen LogP contribution in [0, 0.1) is 0 Å². The zero-order valence-corrected chi connectivity index (χ0v) is 11.0. The number of nitrogens with one attached hydrogen (secondary N) is 1. The van der Waals surface area contributed by atoms with E-state index >= 15 is 0 Å². The van der Waals surface area contributed by atoms with Gasteiger partial charge in [-0.3, -0.25) is 0 Å². The predicted molar refractivity (Wildman–Crippen MR) is 71.7 cm³/mol. The Kier molecular flexibility index (Phi) is 3.64. The van der Waals surface area contributed by atoms with Gasteiger partial charge in [0.05, 0.1) is 6.61 Å². The molecular formula is C13H12BrNO2. The SMILES string of the molecule is CCOC(=O)/C=C\c1c[nH]c2ccc(Br)cc12. The van der Waals surface area contributed by atoms with Crippen molar-refractivity contribution in [3.8, 4) is 0 Å². The van der Waals surface area contributed by atoms with Gasteiger partial charge in [-0.15, -0.1) is 0 Å². The first-order valence-corrected chi connectivity index (χ1v) is 6.11. The molecule has 0 aliphatic heterocycles. The van der Waals surface area contributed by atoms with Gasteiger partial charge in [0.25, 0.3) is 0 Å². The Balaban J connectivity index is 2.30. The number of carbonyl (C=O) groups excluding carboxylic acids is 1. The number of hydrogen-bond acceptors (Lipinski definition) is 2. The summed E-state index contributed by atoms with van der Waals surface area (Å²) in [5.74, 6) is -0.322. The highest BCUT2D eigenvalue weighted by atomic mass is 79.9. The Labute approximate surface area is 108 Å². The van der Waals surface area contributed by atoms with Crippen LogP contribution in [0.2, 0.25) is 0 Å². The van der Waals surface area contributed by atoms with Gasteiger partial charge in [0, 0.05) is 33.2 Å². The summed E-state index contributed by atoms with van der Waals surface area (Å²) in [7, 11) is 0. The lowest BCUT2D eigenvalue weighted by Gasteiger charge is -1.95. The summed E-state index contributed by atoms with van der Waals surface area (Å²) < 4.78 is 5.84. The topological polar surface area (TPSA) is 42.1 Å². The van der Waals surface area contributed by atoms with Crippen molar-refractivity contribution in [2.24, 2.45) is 0 Å². The highest BCUT2D eigenvalue weighted by molar-refractivity contribution is 9.10. The predicted octanol–water partition coefficient (Wildman–Crippen LogP) is 3.51. The largest absolute Gasteiger partial charge is 0.463 e. The van der Waals surface area contributed by atoms with Crippen LogP contribution >= 0.6 is 15.9 Å². The molecule has 88 valence electrons. The lowest BCUT2D eigenvalue weighted by Crippen LogP contribution is -1.98. The molecule has 1 aromatic carbocycles. The maximum atomic E-state index is 11.2. The van der Waals surface area contributed by atoms with Crippen molar-refractivity contribution < 1.29 is 9.53 Å². The average Bonchev–Trinajstić information content (AvgIpc) is 2.69. The fourth-order valence-electron chi connectivity index (χ4n) is 1.60. The van der Waals surface area contributed by atoms with Crippen LogP contribution in [-0.2, 0) is 9.53 Å². The Hall–Kier alpha value is -1.55. The van der Waals surface area contributed by atoms with Gasteiger partial charge in [-0.25, -0.2) is 4.79 Å². The van der Waals surface area contributed by atoms with Crippen LogP contribution in [0.4, 0.5) is 0 Å². The summed E-state index contributed by atoms with van der Waals surface area (Å²) in [6.07, 6.45) is 5.06. The highest BCUT2D eigenvalue weighted by Gasteiger charge is 2.02. The van der Waals surface area contributed by atoms with Crippen molar-refractivity contribution in [2.45, 2.75) is 6.92 Å². The number of benzene rings is 1. The number of halogens is 1. The van der Waals surface area contributed by atoms with Crippen molar-refractivity contribution >= 4 is 38.9 Å². The van der Waals surface area contributed by atoms with Crippen molar-refractivity contribution in [3.63, 3.8) is 0 Å². The number of rotatable bonds is 3. The zero-order chi connectivity index (χ0) is 12.3. The third-order valence-corrected chi connectivity index (χ3v) is 2.85. The molecule has 0 fully saturated rings. The summed E-state index contributed by atoms with van der Waals surface area (Å²) >= 11 is 3.43. The van der Waals surface area contributed by atoms with Gasteiger partial charge in [-0.2, -0.15) is 0 Å². The van der Waals surface area contributed by atoms with Gasteiger partial charge in [-0.05, 0) is 31.2 Å². The van der Waals surface area contributed by atoms with Gasteiger partial charge >= 0.3 is 5.97 Å². The van der Waals surface area contributed by atoms with E-state index in [9.17, 15) is 4.79 Å². The molecule has 0 atom stereocenters. The summed E-state index contributed by atoms with van der Waals surface area (Å²) in [4.78, 5) is 14.4. The monoisotopic (exact) mass is 293 g/mol. The van der Waals surface area contributed by atoms with Crippen LogP contribution < -0.4 is 0 Å². The molecule has 0 aliphatic carbocycles. The van der Waals surface area contributed by atoms with E-state index in [-0.39, 0.29) is 5.97 Å². The van der Waals surface area contributed by atoms with Crippen molar-refractivity contribution in [1.29, 1.82) is 0 Å². The molecule has 0 saturated heterocycles. The summed E-state index contributed by atoms with van der Waals surface area (Å²) in [5, 5.41) is 1.07. The Morgan fingerprint density at radius 2 is 2.35 bits per heavy atom. The third kappa shape index (κ3) is 2.77. The fourth-order valence-corrected chi connectivity index (χ4v) is 1.96. The smallest absolute Gasteiger partial charge is 0.330 e.